The van der Waals surface area contributed by atoms with Crippen LogP contribution in [0.1, 0.15) is 25.6 Å². The number of nitrogens with zero attached hydrogens (tertiary/aromatic N) is 2. The van der Waals surface area contributed by atoms with E-state index >= 15 is 0 Å². The van der Waals surface area contributed by atoms with Gasteiger partial charge in [0.1, 0.15) is 12.4 Å². The molecular weight excluding hydrogens is 342 g/mol. The first-order valence-corrected chi connectivity index (χ1v) is 9.66. The minimum Gasteiger partial charge on any atom is -0.379 e. The lowest BCUT2D eigenvalue weighted by molar-refractivity contribution is 0.0420. The van der Waals surface area contributed by atoms with Gasteiger partial charge in [-0.15, -0.1) is 0 Å². The summed E-state index contributed by atoms with van der Waals surface area (Å²) in [5.41, 5.74) is 2.13. The molecular formula is C20H29N5O2. The summed E-state index contributed by atoms with van der Waals surface area (Å²) in [6.45, 7) is 6.46. The summed E-state index contributed by atoms with van der Waals surface area (Å²) in [6, 6.07) is 10.2. The van der Waals surface area contributed by atoms with Crippen LogP contribution in [0.4, 0.5) is 0 Å². The fraction of sp³-hybridized carbons (Fsp3) is 0.500. The van der Waals surface area contributed by atoms with Crippen molar-refractivity contribution in [1.82, 2.24) is 20.6 Å². The van der Waals surface area contributed by atoms with E-state index in [0.717, 1.165) is 68.8 Å². The van der Waals surface area contributed by atoms with Gasteiger partial charge in [0.25, 0.3) is 0 Å². The third-order valence-corrected chi connectivity index (χ3v) is 4.30. The van der Waals surface area contributed by atoms with E-state index in [2.05, 4.69) is 44.7 Å². The maximum atomic E-state index is 5.78. The van der Waals surface area contributed by atoms with Crippen LogP contribution in [0.5, 0.6) is 0 Å². The number of benzene rings is 1. The molecule has 1 aliphatic heterocycles. The van der Waals surface area contributed by atoms with Crippen LogP contribution < -0.4 is 10.6 Å². The Labute approximate surface area is 160 Å². The highest BCUT2D eigenvalue weighted by atomic mass is 16.5. The molecule has 7 nitrogen and oxygen atoms in total. The fourth-order valence-electron chi connectivity index (χ4n) is 2.88. The van der Waals surface area contributed by atoms with Crippen molar-refractivity contribution in [2.45, 2.75) is 32.4 Å². The predicted molar refractivity (Wildman–Crippen MR) is 107 cm³/mol. The quantitative estimate of drug-likeness (QED) is 0.358. The average molecular weight is 371 g/mol. The van der Waals surface area contributed by atoms with Crippen LogP contribution in [0.15, 0.2) is 41.5 Å². The van der Waals surface area contributed by atoms with Gasteiger partial charge in [-0.25, -0.2) is 9.98 Å². The van der Waals surface area contributed by atoms with Crippen molar-refractivity contribution in [2.75, 3.05) is 32.9 Å². The number of aliphatic imine (C=N–C) groups is 1. The molecule has 0 bridgehead atoms. The number of guanidine groups is 1. The Bertz CT molecular complexity index is 695. The van der Waals surface area contributed by atoms with Gasteiger partial charge in [0.2, 0.25) is 0 Å². The molecule has 27 heavy (non-hydrogen) atoms. The van der Waals surface area contributed by atoms with Gasteiger partial charge >= 0.3 is 0 Å². The highest BCUT2D eigenvalue weighted by molar-refractivity contribution is 5.79. The van der Waals surface area contributed by atoms with E-state index in [0.29, 0.717) is 6.54 Å². The normalized spacial score (nSPS) is 17.2. The molecule has 1 fully saturated rings. The number of imidazole rings is 1. The Morgan fingerprint density at radius 1 is 1.33 bits per heavy atom. The molecule has 0 spiro atoms. The molecule has 1 saturated heterocycles. The summed E-state index contributed by atoms with van der Waals surface area (Å²) in [4.78, 5) is 12.4. The van der Waals surface area contributed by atoms with Crippen molar-refractivity contribution in [1.29, 1.82) is 0 Å². The van der Waals surface area contributed by atoms with E-state index in [1.54, 1.807) is 0 Å². The van der Waals surface area contributed by atoms with Crippen molar-refractivity contribution >= 4 is 5.96 Å². The van der Waals surface area contributed by atoms with Crippen LogP contribution in [0.2, 0.25) is 0 Å². The van der Waals surface area contributed by atoms with Crippen LogP contribution in [0, 0.1) is 0 Å². The van der Waals surface area contributed by atoms with Gasteiger partial charge in [-0.05, 0) is 25.3 Å². The molecule has 2 heterocycles. The zero-order valence-corrected chi connectivity index (χ0v) is 15.9. The van der Waals surface area contributed by atoms with E-state index in [1.165, 1.54) is 0 Å². The standard InChI is InChI=1S/C20H29N5O2/c1-2-21-20(22-10-6-11-27-17-9-12-26-15-17)24-14-19-23-13-18(25-19)16-7-4-3-5-8-16/h3-5,7-8,13,17H,2,6,9-12,14-15H2,1H3,(H,23,25)(H2,21,22,24). The summed E-state index contributed by atoms with van der Waals surface area (Å²) < 4.78 is 11.1. The second-order valence-corrected chi connectivity index (χ2v) is 6.44. The Morgan fingerprint density at radius 3 is 3.00 bits per heavy atom. The fourth-order valence-corrected chi connectivity index (χ4v) is 2.88. The molecule has 3 N–H and O–H groups in total. The molecule has 3 rings (SSSR count). The van der Waals surface area contributed by atoms with Gasteiger partial charge in [-0.3, -0.25) is 0 Å². The van der Waals surface area contributed by atoms with Crippen LogP contribution in [-0.2, 0) is 16.0 Å². The van der Waals surface area contributed by atoms with E-state index in [4.69, 9.17) is 9.47 Å². The van der Waals surface area contributed by atoms with E-state index in [9.17, 15) is 0 Å². The molecule has 0 saturated carbocycles. The van der Waals surface area contributed by atoms with E-state index in [-0.39, 0.29) is 6.10 Å². The zero-order chi connectivity index (χ0) is 18.7. The summed E-state index contributed by atoms with van der Waals surface area (Å²) in [5.74, 6) is 1.63. The number of ether oxygens (including phenoxy) is 2. The monoisotopic (exact) mass is 371 g/mol. The molecule has 1 unspecified atom stereocenters. The van der Waals surface area contributed by atoms with Gasteiger partial charge in [0.15, 0.2) is 5.96 Å². The first-order valence-electron chi connectivity index (χ1n) is 9.66. The summed E-state index contributed by atoms with van der Waals surface area (Å²) in [5, 5.41) is 6.60. The Hall–Kier alpha value is -2.38. The molecule has 1 atom stereocenters. The largest absolute Gasteiger partial charge is 0.379 e. The number of hydrogen-bond acceptors (Lipinski definition) is 4. The van der Waals surface area contributed by atoms with E-state index in [1.807, 2.05) is 24.4 Å². The van der Waals surface area contributed by atoms with Gasteiger partial charge in [0, 0.05) is 26.3 Å². The summed E-state index contributed by atoms with van der Waals surface area (Å²) in [7, 11) is 0. The van der Waals surface area contributed by atoms with Crippen molar-refractivity contribution in [3.05, 3.63) is 42.4 Å². The van der Waals surface area contributed by atoms with Crippen LogP contribution in [0.25, 0.3) is 11.3 Å². The van der Waals surface area contributed by atoms with Crippen molar-refractivity contribution < 1.29 is 9.47 Å². The summed E-state index contributed by atoms with van der Waals surface area (Å²) >= 11 is 0. The SMILES string of the molecule is CCNC(=NCc1ncc(-c2ccccc2)[nH]1)NCCCOC1CCOC1. The minimum absolute atomic E-state index is 0.268. The molecule has 7 heteroatoms. The summed E-state index contributed by atoms with van der Waals surface area (Å²) in [6.07, 6.45) is 4.06. The maximum absolute atomic E-state index is 5.78. The number of rotatable bonds is 9. The first-order chi connectivity index (χ1) is 13.3. The number of H-pyrrole nitrogens is 1. The molecule has 1 aromatic carbocycles. The second kappa shape index (κ2) is 10.7. The highest BCUT2D eigenvalue weighted by Crippen LogP contribution is 2.16. The molecule has 1 aromatic heterocycles. The first kappa shape index (κ1) is 19.4. The van der Waals surface area contributed by atoms with Crippen LogP contribution in [-0.4, -0.2) is 54.9 Å². The van der Waals surface area contributed by atoms with Crippen LogP contribution in [0.3, 0.4) is 0 Å². The third-order valence-electron chi connectivity index (χ3n) is 4.30. The molecule has 0 radical (unpaired) electrons. The smallest absolute Gasteiger partial charge is 0.191 e. The number of nitrogens with one attached hydrogen (secondary N) is 3. The van der Waals surface area contributed by atoms with Gasteiger partial charge in [-0.2, -0.15) is 0 Å². The highest BCUT2D eigenvalue weighted by Gasteiger charge is 2.15. The van der Waals surface area contributed by atoms with E-state index < -0.39 is 0 Å². The zero-order valence-electron chi connectivity index (χ0n) is 15.9. The number of hydrogen-bond donors (Lipinski definition) is 3. The number of aromatic nitrogens is 2. The molecule has 1 aliphatic rings. The molecule has 0 amide bonds. The Balaban J connectivity index is 1.43. The molecule has 146 valence electrons. The Kier molecular flexibility index (Phi) is 7.68. The Morgan fingerprint density at radius 2 is 2.22 bits per heavy atom. The third kappa shape index (κ3) is 6.37. The lowest BCUT2D eigenvalue weighted by Gasteiger charge is -2.12. The van der Waals surface area contributed by atoms with Gasteiger partial charge < -0.3 is 25.1 Å². The van der Waals surface area contributed by atoms with Crippen molar-refractivity contribution in [3.8, 4) is 11.3 Å². The van der Waals surface area contributed by atoms with Gasteiger partial charge in [-0.1, -0.05) is 30.3 Å². The minimum atomic E-state index is 0.268. The lowest BCUT2D eigenvalue weighted by atomic mass is 10.2. The average Bonchev–Trinajstić information content (AvgIpc) is 3.38. The predicted octanol–water partition coefficient (Wildman–Crippen LogP) is 2.33. The van der Waals surface area contributed by atoms with Crippen molar-refractivity contribution in [3.63, 3.8) is 0 Å². The molecule has 2 aromatic rings. The number of aromatic amines is 1. The topological polar surface area (TPSA) is 83.6 Å². The van der Waals surface area contributed by atoms with Gasteiger partial charge in [0.05, 0.1) is 24.6 Å². The lowest BCUT2D eigenvalue weighted by Crippen LogP contribution is -2.38. The van der Waals surface area contributed by atoms with Crippen molar-refractivity contribution in [2.24, 2.45) is 4.99 Å². The van der Waals surface area contributed by atoms with Crippen LogP contribution >= 0.6 is 0 Å². The maximum Gasteiger partial charge on any atom is 0.191 e. The second-order valence-electron chi connectivity index (χ2n) is 6.44. The molecule has 0 aliphatic carbocycles.